The van der Waals surface area contributed by atoms with Crippen LogP contribution >= 0.6 is 0 Å². The zero-order chi connectivity index (χ0) is 91.1. The Morgan fingerprint density at radius 1 is 0.323 bits per heavy atom. The molecule has 0 aliphatic rings. The number of nitrogens with one attached hydrogen (secondary N) is 8. The van der Waals surface area contributed by atoms with E-state index >= 15 is 4.79 Å². The number of nitrogens with two attached hydrogens (primary N) is 7. The van der Waals surface area contributed by atoms with Gasteiger partial charge in [-0.25, -0.2) is 33.7 Å². The Morgan fingerprint density at radius 3 is 0.887 bits per heavy atom. The third kappa shape index (κ3) is 39.9. The first-order valence-electron chi connectivity index (χ1n) is 41.7. The topological polar surface area (TPSA) is 602 Å². The first-order valence-corrected chi connectivity index (χ1v) is 48.2. The van der Waals surface area contributed by atoms with E-state index in [0.717, 1.165) is 17.2 Å². The van der Waals surface area contributed by atoms with Gasteiger partial charge in [0.15, 0.2) is 0 Å². The summed E-state index contributed by atoms with van der Waals surface area (Å²) in [5, 5.41) is 32.3. The molecule has 41 heteroatoms. The molecule has 23 N–H and O–H groups in total. The van der Waals surface area contributed by atoms with Gasteiger partial charge in [0.2, 0.25) is 87.4 Å². The minimum Gasteiger partial charge on any atom is -0.481 e. The van der Waals surface area contributed by atoms with Gasteiger partial charge in [-0.3, -0.25) is 43.2 Å². The van der Waals surface area contributed by atoms with E-state index in [9.17, 15) is 77.1 Å². The number of carboxylic acid groups (broad SMARTS) is 1. The number of benzene rings is 5. The van der Waals surface area contributed by atoms with Crippen LogP contribution < -0.4 is 82.7 Å². The maximum Gasteiger partial charge on any atom is 0.303 e. The summed E-state index contributed by atoms with van der Waals surface area (Å²) in [6.45, 7) is -5.74. The highest BCUT2D eigenvalue weighted by atomic mass is 32.2. The van der Waals surface area contributed by atoms with Crippen LogP contribution in [0.25, 0.3) is 0 Å². The van der Waals surface area contributed by atoms with Gasteiger partial charge in [-0.1, -0.05) is 165 Å². The Hall–Kier alpha value is -9.31. The summed E-state index contributed by atoms with van der Waals surface area (Å²) >= 11 is 0. The smallest absolute Gasteiger partial charge is 0.303 e. The SMILES string of the molecule is CN[C@@H](CCCCN)C(=O)N[C@@H](CCCCN)CN(CC(=O)N[C@@H](CCC(=O)O)C(=O)N[C@@H](Cc1ccccc1)CN(CC(=O)N[C@@H](CCCCN)C(=O)NC(Cc1ccccc1)CN(CC(=O)N[C@@H](CCCCN)C(=O)N[C@@H](Cc1ccccc1)CN(CC(N)=O)S(=O)(=O)Cc1ccccc1)S(=O)(=O)CCN)S(=O)(=O)CCN)S(=O)(=O)Cc1ccccc1. The number of carbonyl (C=O) groups is 9. The quantitative estimate of drug-likeness (QED) is 0.0195. The van der Waals surface area contributed by atoms with Gasteiger partial charge in [0, 0.05) is 69.9 Å². The van der Waals surface area contributed by atoms with Crippen molar-refractivity contribution >= 4 is 93.3 Å². The van der Waals surface area contributed by atoms with Crippen molar-refractivity contribution in [3.63, 3.8) is 0 Å². The van der Waals surface area contributed by atoms with Crippen molar-refractivity contribution in [2.75, 3.05) is 110 Å². The minimum absolute atomic E-state index is 0.0273. The summed E-state index contributed by atoms with van der Waals surface area (Å²) in [5.41, 5.74) is 43.3. The summed E-state index contributed by atoms with van der Waals surface area (Å²) in [7, 11) is -16.3. The van der Waals surface area contributed by atoms with Crippen LogP contribution in [-0.4, -0.2) is 268 Å². The Bertz CT molecular complexity index is 4570. The molecular weight excluding hydrogens is 1680 g/mol. The zero-order valence-corrected chi connectivity index (χ0v) is 73.9. The van der Waals surface area contributed by atoms with Crippen LogP contribution in [0.4, 0.5) is 0 Å². The van der Waals surface area contributed by atoms with E-state index in [1.165, 1.54) is 0 Å². The van der Waals surface area contributed by atoms with E-state index in [1.54, 1.807) is 159 Å². The number of carboxylic acids is 1. The fourth-order valence-electron chi connectivity index (χ4n) is 13.9. The lowest BCUT2D eigenvalue weighted by Crippen LogP contribution is -2.58. The van der Waals surface area contributed by atoms with E-state index in [4.69, 9.17) is 40.1 Å². The van der Waals surface area contributed by atoms with Crippen molar-refractivity contribution in [3.05, 3.63) is 179 Å². The number of unbranched alkanes of at least 4 members (excludes halogenated alkanes) is 4. The van der Waals surface area contributed by atoms with E-state index < -0.39 is 243 Å². The number of carbonyl (C=O) groups excluding carboxylic acids is 8. The summed E-state index contributed by atoms with van der Waals surface area (Å²) in [4.78, 5) is 128. The molecule has 37 nitrogen and oxygen atoms in total. The van der Waals surface area contributed by atoms with Crippen molar-refractivity contribution in [2.24, 2.45) is 40.1 Å². The maximum atomic E-state index is 15.1. The molecule has 0 bridgehead atoms. The summed E-state index contributed by atoms with van der Waals surface area (Å²) in [5.74, 6) is -11.2. The molecule has 0 fully saturated rings. The van der Waals surface area contributed by atoms with E-state index in [1.807, 2.05) is 0 Å². The first-order chi connectivity index (χ1) is 59.2. The van der Waals surface area contributed by atoms with Crippen molar-refractivity contribution in [1.82, 2.24) is 59.8 Å². The summed E-state index contributed by atoms with van der Waals surface area (Å²) < 4.78 is 119. The van der Waals surface area contributed by atoms with Crippen molar-refractivity contribution < 1.29 is 81.9 Å². The van der Waals surface area contributed by atoms with Crippen molar-refractivity contribution in [2.45, 2.75) is 169 Å². The van der Waals surface area contributed by atoms with Crippen molar-refractivity contribution in [3.8, 4) is 0 Å². The van der Waals surface area contributed by atoms with Crippen LogP contribution in [0.2, 0.25) is 0 Å². The number of amides is 8. The van der Waals surface area contributed by atoms with Crippen LogP contribution in [-0.2, 0) is 114 Å². The molecule has 0 saturated carbocycles. The Morgan fingerprint density at radius 2 is 0.589 bits per heavy atom. The molecule has 0 aliphatic heterocycles. The lowest BCUT2D eigenvalue weighted by atomic mass is 10.0. The molecule has 688 valence electrons. The molecule has 1 unspecified atom stereocenters. The first kappa shape index (κ1) is 105. The van der Waals surface area contributed by atoms with Crippen molar-refractivity contribution in [1.29, 1.82) is 0 Å². The van der Waals surface area contributed by atoms with Gasteiger partial charge in [-0.15, -0.1) is 0 Å². The van der Waals surface area contributed by atoms with Gasteiger partial charge in [-0.2, -0.15) is 17.2 Å². The molecular formula is C83H129N19O18S4. The Balaban J connectivity index is 1.47. The number of hydrogen-bond donors (Lipinski definition) is 16. The second kappa shape index (κ2) is 55.9. The average molecular weight is 1810 g/mol. The monoisotopic (exact) mass is 1810 g/mol. The third-order valence-corrected chi connectivity index (χ3v) is 27.3. The van der Waals surface area contributed by atoms with E-state index in [-0.39, 0.29) is 71.0 Å². The molecule has 5 rings (SSSR count). The van der Waals surface area contributed by atoms with Crippen LogP contribution in [0, 0.1) is 0 Å². The van der Waals surface area contributed by atoms with Gasteiger partial charge in [0.1, 0.15) is 18.1 Å². The van der Waals surface area contributed by atoms with Crippen LogP contribution in [0.3, 0.4) is 0 Å². The second-order valence-corrected chi connectivity index (χ2v) is 38.6. The van der Waals surface area contributed by atoms with Gasteiger partial charge in [0.25, 0.3) is 0 Å². The van der Waals surface area contributed by atoms with Crippen LogP contribution in [0.1, 0.15) is 118 Å². The van der Waals surface area contributed by atoms with Gasteiger partial charge in [0.05, 0.1) is 55.2 Å². The molecule has 0 heterocycles. The molecule has 8 amide bonds. The number of primary amides is 1. The van der Waals surface area contributed by atoms with Gasteiger partial charge in [-0.05, 0) is 151 Å². The maximum absolute atomic E-state index is 15.1. The summed E-state index contributed by atoms with van der Waals surface area (Å²) in [6.07, 6.45) is 2.32. The largest absolute Gasteiger partial charge is 0.481 e. The molecule has 0 radical (unpaired) electrons. The fourth-order valence-corrected chi connectivity index (χ4v) is 19.5. The Kier molecular flexibility index (Phi) is 47.4. The van der Waals surface area contributed by atoms with Gasteiger partial charge < -0.3 is 87.8 Å². The fraction of sp³-hybridized carbons (Fsp3) is 0.530. The molecule has 0 saturated heterocycles. The third-order valence-electron chi connectivity index (χ3n) is 20.2. The van der Waals surface area contributed by atoms with E-state index in [2.05, 4.69) is 42.5 Å². The molecule has 5 aromatic carbocycles. The molecule has 0 aliphatic carbocycles. The Labute approximate surface area is 729 Å². The van der Waals surface area contributed by atoms with Crippen LogP contribution in [0.15, 0.2) is 152 Å². The molecule has 5 aromatic rings. The second-order valence-electron chi connectivity index (χ2n) is 30.5. The lowest BCUT2D eigenvalue weighted by molar-refractivity contribution is -0.138. The normalized spacial score (nSPS) is 14.0. The lowest BCUT2D eigenvalue weighted by Gasteiger charge is -2.31. The predicted octanol–water partition coefficient (Wildman–Crippen LogP) is -1.59. The number of hydrogen-bond acceptors (Lipinski definition) is 24. The molecule has 8 atom stereocenters. The average Bonchev–Trinajstić information content (AvgIpc) is 0.845. The number of rotatable bonds is 65. The molecule has 124 heavy (non-hydrogen) atoms. The number of likely N-dealkylation sites (N-methyl/N-ethyl adjacent to an activating group) is 1. The number of aliphatic carboxylic acids is 1. The number of sulfonamides is 4. The minimum atomic E-state index is -4.61. The highest BCUT2D eigenvalue weighted by Gasteiger charge is 2.38. The predicted molar refractivity (Wildman–Crippen MR) is 475 cm³/mol. The standard InChI is InChI=1S/C83H129N19O18S4/c1-91-71(36-18-22-42-85)80(109)92-67(35-17-21-41-84)52-102(124(119,120)61-66-33-15-6-16-34-66)59-78(106)98-74(39-40-79(107)108)83(112)95-70(51-64-29-11-4-12-30-64)55-101(122(115,116)48-46-89)58-77(105)97-73(38-20-24-44-87)82(111)94-69(50-63-27-9-3-10-28-63)54-100(121(113,114)47-45-88)57-76(104)96-72(37-19-23-43-86)81(110)93-68(49-62-25-7-2-8-26-62)53-99(56-75(90)103)123(117,118)60-65-31-13-5-14-32-65/h2-16,25-34,67-74,91H,17-24,35-61,84-89H2,1H3,(H2,90,103)(H,92,109)(H,93,110)(H,94,111)(H,95,112)(H,96,104)(H,97,105)(H,98,106)(H,107,108)/t67-,68-,69?,70-,71-,72-,73-,74-/m0/s1. The van der Waals surface area contributed by atoms with Crippen LogP contribution in [0.5, 0.6) is 0 Å². The summed E-state index contributed by atoms with van der Waals surface area (Å²) in [6, 6.07) is 32.0. The molecule has 0 aromatic heterocycles. The van der Waals surface area contributed by atoms with E-state index in [0.29, 0.717) is 79.3 Å². The molecule has 0 spiro atoms. The number of nitrogens with zero attached hydrogens (tertiary/aromatic N) is 4. The zero-order valence-electron chi connectivity index (χ0n) is 70.7. The highest BCUT2D eigenvalue weighted by molar-refractivity contribution is 7.89. The van der Waals surface area contributed by atoms with Gasteiger partial charge >= 0.3 is 5.97 Å². The highest BCUT2D eigenvalue weighted by Crippen LogP contribution is 2.20.